The van der Waals surface area contributed by atoms with E-state index in [1.807, 2.05) is 6.92 Å². The fourth-order valence-corrected chi connectivity index (χ4v) is 6.66. The number of carbonyl (C=O) groups excluding carboxylic acids is 3. The summed E-state index contributed by atoms with van der Waals surface area (Å²) in [6.45, 7) is 10.6. The highest BCUT2D eigenvalue weighted by Gasteiger charge is 2.58. The number of benzene rings is 1. The molecule has 1 saturated carbocycles. The van der Waals surface area contributed by atoms with Crippen LogP contribution in [0.5, 0.6) is 11.5 Å². The van der Waals surface area contributed by atoms with Crippen LogP contribution < -0.4 is 14.8 Å². The number of amides is 1. The molecule has 5 atom stereocenters. The number of hydrogen-bond donors (Lipinski definition) is 3. The number of allylic oxidation sites excluding steroid dienone is 2. The summed E-state index contributed by atoms with van der Waals surface area (Å²) in [7, 11) is 1.48. The molecule has 242 valence electrons. The average Bonchev–Trinajstić information content (AvgIpc) is 3.48. The Labute approximate surface area is 257 Å². The molecule has 0 spiro atoms. The maximum Gasteiger partial charge on any atom is 0.342 e. The molecule has 1 aromatic rings. The summed E-state index contributed by atoms with van der Waals surface area (Å²) in [5.41, 5.74) is 0.772. The van der Waals surface area contributed by atoms with E-state index in [2.05, 4.69) is 5.32 Å². The maximum atomic E-state index is 13.1. The van der Waals surface area contributed by atoms with Crippen LogP contribution in [0.4, 0.5) is 0 Å². The lowest BCUT2D eigenvalue weighted by molar-refractivity contribution is -0.163. The lowest BCUT2D eigenvalue weighted by atomic mass is 9.68. The minimum absolute atomic E-state index is 0.00681. The molecule has 2 fully saturated rings. The van der Waals surface area contributed by atoms with E-state index >= 15 is 0 Å². The predicted molar refractivity (Wildman–Crippen MR) is 156 cm³/mol. The summed E-state index contributed by atoms with van der Waals surface area (Å²) < 4.78 is 28.6. The van der Waals surface area contributed by atoms with Gasteiger partial charge in [-0.15, -0.1) is 0 Å². The molecule has 1 aliphatic carbocycles. The number of esters is 2. The second-order valence-corrected chi connectivity index (χ2v) is 12.4. The number of aliphatic hydroxyl groups is 1. The fourth-order valence-electron chi connectivity index (χ4n) is 6.66. The summed E-state index contributed by atoms with van der Waals surface area (Å²) in [5, 5.41) is 24.7. The van der Waals surface area contributed by atoms with Crippen molar-refractivity contribution in [3.8, 4) is 11.5 Å². The molecule has 12 heteroatoms. The third kappa shape index (κ3) is 6.62. The van der Waals surface area contributed by atoms with Gasteiger partial charge in [-0.2, -0.15) is 0 Å². The summed E-state index contributed by atoms with van der Waals surface area (Å²) in [4.78, 5) is 50.4. The number of carboxylic acid groups (broad SMARTS) is 1. The maximum absolute atomic E-state index is 13.1. The van der Waals surface area contributed by atoms with Crippen LogP contribution in [0.25, 0.3) is 0 Å². The average molecular weight is 618 g/mol. The number of carboxylic acids is 1. The van der Waals surface area contributed by atoms with Crippen molar-refractivity contribution in [3.05, 3.63) is 33.9 Å². The molecule has 0 radical (unpaired) electrons. The zero-order chi connectivity index (χ0) is 32.6. The second kappa shape index (κ2) is 12.9. The Bertz CT molecular complexity index is 1370. The van der Waals surface area contributed by atoms with E-state index in [1.165, 1.54) is 14.0 Å². The molecule has 1 amide bonds. The van der Waals surface area contributed by atoms with Crippen molar-refractivity contribution >= 4 is 23.8 Å². The fraction of sp³-hybridized carbons (Fsp3) is 0.625. The summed E-state index contributed by atoms with van der Waals surface area (Å²) in [6.07, 6.45) is 1.30. The Hall–Kier alpha value is -3.48. The third-order valence-corrected chi connectivity index (χ3v) is 8.62. The molecule has 4 rings (SSSR count). The summed E-state index contributed by atoms with van der Waals surface area (Å²) in [6, 6.07) is 0. The highest BCUT2D eigenvalue weighted by molar-refractivity contribution is 5.99. The van der Waals surface area contributed by atoms with E-state index in [-0.39, 0.29) is 43.6 Å². The zero-order valence-corrected chi connectivity index (χ0v) is 26.4. The van der Waals surface area contributed by atoms with Crippen LogP contribution in [0.15, 0.2) is 11.6 Å². The molecule has 1 aromatic carbocycles. The van der Waals surface area contributed by atoms with Crippen molar-refractivity contribution in [2.75, 3.05) is 13.7 Å². The van der Waals surface area contributed by atoms with Crippen LogP contribution in [-0.2, 0) is 41.6 Å². The Morgan fingerprint density at radius 2 is 1.86 bits per heavy atom. The molecule has 44 heavy (non-hydrogen) atoms. The number of nitrogens with one attached hydrogen (secondary N) is 1. The first kappa shape index (κ1) is 33.4. The normalized spacial score (nSPS) is 26.3. The number of fused-ring (bicyclic) bond motifs is 2. The standard InChI is InChI=1S/C32H43NO11/c1-8-11-33-30(38)32(39)13-21(26-23(14-32)43-31(5,6)44-26)20(28(35)36)12-16(2)9-10-19-25(40-7)17(3)22-15-41-29(37)24(22)27(19)42-18(4)34/h9,20-21,23,26,39H,8,10-15H2,1-7H3,(H,33,38)(H,35,36). The highest BCUT2D eigenvalue weighted by atomic mass is 16.8. The van der Waals surface area contributed by atoms with Gasteiger partial charge in [-0.05, 0) is 58.9 Å². The number of methoxy groups -OCH3 is 1. The molecule has 3 aliphatic rings. The first-order valence-electron chi connectivity index (χ1n) is 14.9. The van der Waals surface area contributed by atoms with Gasteiger partial charge in [0.1, 0.15) is 23.5 Å². The number of ether oxygens (including phenoxy) is 5. The lowest BCUT2D eigenvalue weighted by Gasteiger charge is -2.43. The molecule has 12 nitrogen and oxygen atoms in total. The highest BCUT2D eigenvalue weighted by Crippen LogP contribution is 2.48. The van der Waals surface area contributed by atoms with Gasteiger partial charge < -0.3 is 39.2 Å². The van der Waals surface area contributed by atoms with E-state index < -0.39 is 59.2 Å². The van der Waals surface area contributed by atoms with Gasteiger partial charge in [0.05, 0.1) is 25.2 Å². The van der Waals surface area contributed by atoms with Gasteiger partial charge in [-0.1, -0.05) is 18.6 Å². The first-order valence-corrected chi connectivity index (χ1v) is 14.9. The second-order valence-electron chi connectivity index (χ2n) is 12.4. The van der Waals surface area contributed by atoms with Gasteiger partial charge in [0.25, 0.3) is 5.91 Å². The van der Waals surface area contributed by atoms with Gasteiger partial charge in [0.2, 0.25) is 0 Å². The SMILES string of the molecule is CCCNC(=O)C1(O)CC2OC(C)(C)OC2C(C(CC(C)=CCc2c(OC)c(C)c3c(c2OC(C)=O)C(=O)OC3)C(=O)O)C1. The van der Waals surface area contributed by atoms with E-state index in [4.69, 9.17) is 23.7 Å². The Morgan fingerprint density at radius 3 is 2.48 bits per heavy atom. The summed E-state index contributed by atoms with van der Waals surface area (Å²) >= 11 is 0. The number of cyclic esters (lactones) is 1. The number of rotatable bonds is 11. The largest absolute Gasteiger partial charge is 0.496 e. The summed E-state index contributed by atoms with van der Waals surface area (Å²) in [5.74, 6) is -5.13. The minimum Gasteiger partial charge on any atom is -0.496 e. The van der Waals surface area contributed by atoms with Gasteiger partial charge in [0.15, 0.2) is 11.5 Å². The van der Waals surface area contributed by atoms with Crippen molar-refractivity contribution in [1.29, 1.82) is 0 Å². The van der Waals surface area contributed by atoms with E-state index in [0.29, 0.717) is 41.0 Å². The third-order valence-electron chi connectivity index (χ3n) is 8.62. The molecule has 0 aromatic heterocycles. The van der Waals surface area contributed by atoms with Crippen molar-refractivity contribution in [1.82, 2.24) is 5.32 Å². The van der Waals surface area contributed by atoms with Crippen molar-refractivity contribution in [2.24, 2.45) is 11.8 Å². The number of aliphatic carboxylic acids is 1. The van der Waals surface area contributed by atoms with E-state index in [1.54, 1.807) is 33.8 Å². The molecule has 3 N–H and O–H groups in total. The van der Waals surface area contributed by atoms with Crippen LogP contribution in [0, 0.1) is 18.8 Å². The minimum atomic E-state index is -1.82. The molecule has 2 heterocycles. The van der Waals surface area contributed by atoms with Crippen LogP contribution in [0.3, 0.4) is 0 Å². The first-order chi connectivity index (χ1) is 20.6. The number of hydrogen-bond acceptors (Lipinski definition) is 10. The van der Waals surface area contributed by atoms with Crippen LogP contribution in [-0.4, -0.2) is 71.3 Å². The van der Waals surface area contributed by atoms with Gasteiger partial charge in [-0.3, -0.25) is 14.4 Å². The van der Waals surface area contributed by atoms with E-state index in [0.717, 1.165) is 0 Å². The van der Waals surface area contributed by atoms with Crippen LogP contribution >= 0.6 is 0 Å². The molecular formula is C32H43NO11. The molecule has 0 bridgehead atoms. The van der Waals surface area contributed by atoms with Crippen LogP contribution in [0.2, 0.25) is 0 Å². The number of carbonyl (C=O) groups is 4. The van der Waals surface area contributed by atoms with Crippen molar-refractivity contribution in [2.45, 2.75) is 104 Å². The Kier molecular flexibility index (Phi) is 9.77. The Morgan fingerprint density at radius 1 is 1.16 bits per heavy atom. The zero-order valence-electron chi connectivity index (χ0n) is 26.4. The molecule has 1 saturated heterocycles. The molecule has 5 unspecified atom stereocenters. The van der Waals surface area contributed by atoms with Crippen LogP contribution in [0.1, 0.15) is 87.4 Å². The molecule has 2 aliphatic heterocycles. The topological polar surface area (TPSA) is 167 Å². The van der Waals surface area contributed by atoms with Crippen molar-refractivity contribution in [3.63, 3.8) is 0 Å². The van der Waals surface area contributed by atoms with Gasteiger partial charge in [0, 0.05) is 36.9 Å². The predicted octanol–water partition coefficient (Wildman–Crippen LogP) is 3.37. The Balaban J connectivity index is 1.66. The van der Waals surface area contributed by atoms with Crippen molar-refractivity contribution < 1.29 is 53.1 Å². The lowest BCUT2D eigenvalue weighted by Crippen LogP contribution is -2.58. The molecular weight excluding hydrogens is 574 g/mol. The van der Waals surface area contributed by atoms with Gasteiger partial charge in [-0.25, -0.2) is 4.79 Å². The van der Waals surface area contributed by atoms with E-state index in [9.17, 15) is 29.4 Å². The monoisotopic (exact) mass is 617 g/mol. The quantitative estimate of drug-likeness (QED) is 0.189. The smallest absolute Gasteiger partial charge is 0.342 e. The van der Waals surface area contributed by atoms with Gasteiger partial charge >= 0.3 is 17.9 Å².